The summed E-state index contributed by atoms with van der Waals surface area (Å²) in [6.45, 7) is 5.12. The topological polar surface area (TPSA) is 49.4 Å². The Morgan fingerprint density at radius 3 is 2.57 bits per heavy atom. The number of benzene rings is 1. The van der Waals surface area contributed by atoms with Crippen LogP contribution in [0.4, 0.5) is 5.69 Å². The van der Waals surface area contributed by atoms with Crippen LogP contribution in [0.2, 0.25) is 5.02 Å². The van der Waals surface area contributed by atoms with E-state index in [1.54, 1.807) is 6.07 Å². The Hall–Kier alpha value is -1.55. The summed E-state index contributed by atoms with van der Waals surface area (Å²) < 4.78 is 0. The maximum absolute atomic E-state index is 12.3. The minimum atomic E-state index is -0.0361. The normalized spacial score (nSPS) is 15.9. The summed E-state index contributed by atoms with van der Waals surface area (Å²) in [6, 6.07) is 5.51. The van der Waals surface area contributed by atoms with Crippen LogP contribution in [0.1, 0.15) is 31.7 Å². The van der Waals surface area contributed by atoms with Gasteiger partial charge in [0.05, 0.1) is 0 Å². The van der Waals surface area contributed by atoms with Crippen molar-refractivity contribution < 1.29 is 9.59 Å². The lowest BCUT2D eigenvalue weighted by atomic mass is 9.95. The maximum Gasteiger partial charge on any atom is 0.227 e. The fourth-order valence-electron chi connectivity index (χ4n) is 2.53. The number of nitrogens with zero attached hydrogens (tertiary/aromatic N) is 1. The average Bonchev–Trinajstić information content (AvgIpc) is 2.50. The van der Waals surface area contributed by atoms with Crippen molar-refractivity contribution in [2.75, 3.05) is 18.4 Å². The highest BCUT2D eigenvalue weighted by Gasteiger charge is 2.26. The van der Waals surface area contributed by atoms with Gasteiger partial charge in [-0.15, -0.1) is 0 Å². The molecular weight excluding hydrogens is 288 g/mol. The number of carbonyl (C=O) groups excluding carboxylic acids is 2. The molecule has 0 aromatic heterocycles. The third-order valence-corrected chi connectivity index (χ3v) is 4.37. The van der Waals surface area contributed by atoms with E-state index in [2.05, 4.69) is 5.32 Å². The molecule has 0 radical (unpaired) electrons. The molecular formula is C16H21ClN2O2. The van der Waals surface area contributed by atoms with Crippen LogP contribution in [-0.2, 0) is 9.59 Å². The number of carbonyl (C=O) groups is 2. The first-order chi connectivity index (χ1) is 10.0. The van der Waals surface area contributed by atoms with Gasteiger partial charge in [0.1, 0.15) is 0 Å². The molecule has 1 aliphatic rings. The first kappa shape index (κ1) is 15.8. The van der Waals surface area contributed by atoms with Crippen LogP contribution < -0.4 is 5.32 Å². The third-order valence-electron chi connectivity index (χ3n) is 3.96. The molecule has 4 nitrogen and oxygen atoms in total. The molecule has 1 heterocycles. The number of anilines is 1. The SMILES string of the molecule is CCC(=O)N1CCC(C(=O)Nc2ccc(C)c(Cl)c2)CC1. The molecule has 2 amide bonds. The largest absolute Gasteiger partial charge is 0.343 e. The van der Waals surface area contributed by atoms with Gasteiger partial charge in [0.15, 0.2) is 0 Å². The second-order valence-corrected chi connectivity index (χ2v) is 5.87. The van der Waals surface area contributed by atoms with Gasteiger partial charge in [-0.2, -0.15) is 0 Å². The molecule has 1 aromatic carbocycles. The molecule has 5 heteroatoms. The Labute approximate surface area is 130 Å². The van der Waals surface area contributed by atoms with E-state index in [4.69, 9.17) is 11.6 Å². The first-order valence-corrected chi connectivity index (χ1v) is 7.74. The zero-order chi connectivity index (χ0) is 15.4. The van der Waals surface area contributed by atoms with Crippen molar-refractivity contribution in [1.29, 1.82) is 0 Å². The summed E-state index contributed by atoms with van der Waals surface area (Å²) >= 11 is 6.06. The molecule has 0 bridgehead atoms. The average molecular weight is 309 g/mol. The van der Waals surface area contributed by atoms with Crippen LogP contribution in [0.25, 0.3) is 0 Å². The minimum absolute atomic E-state index is 0.0125. The van der Waals surface area contributed by atoms with E-state index >= 15 is 0 Å². The van der Waals surface area contributed by atoms with Crippen molar-refractivity contribution in [3.05, 3.63) is 28.8 Å². The van der Waals surface area contributed by atoms with Gasteiger partial charge in [0.25, 0.3) is 0 Å². The third kappa shape index (κ3) is 3.97. The number of hydrogen-bond acceptors (Lipinski definition) is 2. The molecule has 0 unspecified atom stereocenters. The van der Waals surface area contributed by atoms with Crippen LogP contribution in [-0.4, -0.2) is 29.8 Å². The molecule has 0 atom stereocenters. The summed E-state index contributed by atoms with van der Waals surface area (Å²) in [6.07, 6.45) is 1.97. The summed E-state index contributed by atoms with van der Waals surface area (Å²) in [5, 5.41) is 3.56. The Morgan fingerprint density at radius 2 is 2.00 bits per heavy atom. The van der Waals surface area contributed by atoms with Crippen LogP contribution in [0, 0.1) is 12.8 Å². The zero-order valence-electron chi connectivity index (χ0n) is 12.5. The maximum atomic E-state index is 12.3. The number of aryl methyl sites for hydroxylation is 1. The van der Waals surface area contributed by atoms with Gasteiger partial charge in [-0.25, -0.2) is 0 Å². The number of halogens is 1. The smallest absolute Gasteiger partial charge is 0.227 e. The Kier molecular flexibility index (Phi) is 5.23. The van der Waals surface area contributed by atoms with E-state index in [1.807, 2.05) is 30.9 Å². The van der Waals surface area contributed by atoms with E-state index in [9.17, 15) is 9.59 Å². The van der Waals surface area contributed by atoms with E-state index < -0.39 is 0 Å². The van der Waals surface area contributed by atoms with Crippen molar-refractivity contribution in [2.24, 2.45) is 5.92 Å². The van der Waals surface area contributed by atoms with Gasteiger partial charge >= 0.3 is 0 Å². The Bertz CT molecular complexity index is 537. The fraction of sp³-hybridized carbons (Fsp3) is 0.500. The predicted octanol–water partition coefficient (Wildman–Crippen LogP) is 3.24. The highest BCUT2D eigenvalue weighted by molar-refractivity contribution is 6.31. The quantitative estimate of drug-likeness (QED) is 0.932. The standard InChI is InChI=1S/C16H21ClN2O2/c1-3-15(20)19-8-6-12(7-9-19)16(21)18-13-5-4-11(2)14(17)10-13/h4-5,10,12H,3,6-9H2,1-2H3,(H,18,21). The molecule has 21 heavy (non-hydrogen) atoms. The summed E-state index contributed by atoms with van der Waals surface area (Å²) in [7, 11) is 0. The van der Waals surface area contributed by atoms with Crippen molar-refractivity contribution in [2.45, 2.75) is 33.1 Å². The Morgan fingerprint density at radius 1 is 1.33 bits per heavy atom. The molecule has 1 aliphatic heterocycles. The molecule has 1 saturated heterocycles. The van der Waals surface area contributed by atoms with E-state index in [-0.39, 0.29) is 17.7 Å². The van der Waals surface area contributed by atoms with Crippen LogP contribution in [0.15, 0.2) is 18.2 Å². The lowest BCUT2D eigenvalue weighted by molar-refractivity contribution is -0.134. The highest BCUT2D eigenvalue weighted by atomic mass is 35.5. The highest BCUT2D eigenvalue weighted by Crippen LogP contribution is 2.23. The van der Waals surface area contributed by atoms with Crippen molar-refractivity contribution in [3.63, 3.8) is 0 Å². The van der Waals surface area contributed by atoms with Crippen molar-refractivity contribution in [1.82, 2.24) is 4.90 Å². The molecule has 2 rings (SSSR count). The second-order valence-electron chi connectivity index (χ2n) is 5.46. The van der Waals surface area contributed by atoms with Gasteiger partial charge in [0.2, 0.25) is 11.8 Å². The molecule has 114 valence electrons. The van der Waals surface area contributed by atoms with Crippen LogP contribution in [0.3, 0.4) is 0 Å². The lowest BCUT2D eigenvalue weighted by Crippen LogP contribution is -2.41. The number of likely N-dealkylation sites (tertiary alicyclic amines) is 1. The molecule has 0 aliphatic carbocycles. The molecule has 0 spiro atoms. The van der Waals surface area contributed by atoms with Crippen molar-refractivity contribution in [3.8, 4) is 0 Å². The van der Waals surface area contributed by atoms with E-state index in [0.717, 1.165) is 24.1 Å². The van der Waals surface area contributed by atoms with Gasteiger partial charge in [-0.05, 0) is 37.5 Å². The molecule has 1 fully saturated rings. The van der Waals surface area contributed by atoms with E-state index in [1.165, 1.54) is 0 Å². The number of rotatable bonds is 3. The predicted molar refractivity (Wildman–Crippen MR) is 84.4 cm³/mol. The summed E-state index contributed by atoms with van der Waals surface area (Å²) in [5.41, 5.74) is 1.71. The minimum Gasteiger partial charge on any atom is -0.343 e. The van der Waals surface area contributed by atoms with Gasteiger partial charge < -0.3 is 10.2 Å². The summed E-state index contributed by atoms with van der Waals surface area (Å²) in [5.74, 6) is 0.142. The van der Waals surface area contributed by atoms with E-state index in [0.29, 0.717) is 24.5 Å². The number of hydrogen-bond donors (Lipinski definition) is 1. The molecule has 1 aromatic rings. The van der Waals surface area contributed by atoms with Gasteiger partial charge in [-0.3, -0.25) is 9.59 Å². The number of nitrogens with one attached hydrogen (secondary N) is 1. The molecule has 0 saturated carbocycles. The van der Waals surface area contributed by atoms with Crippen molar-refractivity contribution >= 4 is 29.1 Å². The number of amides is 2. The van der Waals surface area contributed by atoms with Gasteiger partial charge in [0, 0.05) is 36.1 Å². The van der Waals surface area contributed by atoms with Crippen LogP contribution >= 0.6 is 11.6 Å². The summed E-state index contributed by atoms with van der Waals surface area (Å²) in [4.78, 5) is 25.7. The fourth-order valence-corrected chi connectivity index (χ4v) is 2.71. The number of piperidine rings is 1. The lowest BCUT2D eigenvalue weighted by Gasteiger charge is -2.31. The Balaban J connectivity index is 1.90. The zero-order valence-corrected chi connectivity index (χ0v) is 13.2. The monoisotopic (exact) mass is 308 g/mol. The molecule has 1 N–H and O–H groups in total. The first-order valence-electron chi connectivity index (χ1n) is 7.36. The van der Waals surface area contributed by atoms with Crippen LogP contribution in [0.5, 0.6) is 0 Å². The second kappa shape index (κ2) is 6.94. The van der Waals surface area contributed by atoms with Gasteiger partial charge in [-0.1, -0.05) is 24.6 Å².